The lowest BCUT2D eigenvalue weighted by molar-refractivity contribution is 0.0549. The van der Waals surface area contributed by atoms with Crippen LogP contribution >= 0.6 is 0 Å². The number of piperazine rings is 1. The van der Waals surface area contributed by atoms with E-state index in [1.54, 1.807) is 0 Å². The van der Waals surface area contributed by atoms with Crippen LogP contribution in [0.2, 0.25) is 18.1 Å². The van der Waals surface area contributed by atoms with Crippen molar-refractivity contribution in [3.8, 4) is 0 Å². The fourth-order valence-electron chi connectivity index (χ4n) is 2.24. The third kappa shape index (κ3) is 7.06. The van der Waals surface area contributed by atoms with Crippen molar-refractivity contribution >= 4 is 8.32 Å². The summed E-state index contributed by atoms with van der Waals surface area (Å²) in [6.45, 7) is 20.1. The molecule has 1 rings (SSSR count). The summed E-state index contributed by atoms with van der Waals surface area (Å²) in [5, 5.41) is 8.97. The van der Waals surface area contributed by atoms with Crippen molar-refractivity contribution in [1.82, 2.24) is 9.80 Å². The van der Waals surface area contributed by atoms with Crippen molar-refractivity contribution in [2.45, 2.75) is 38.9 Å². The SMILES string of the molecule is CC(C)(C)[Si](C)(C)OCCN1CCN(CCOCCO)CC1. The highest BCUT2D eigenvalue weighted by Crippen LogP contribution is 2.36. The van der Waals surface area contributed by atoms with Gasteiger partial charge in [-0.15, -0.1) is 0 Å². The number of aliphatic hydroxyl groups is 1. The molecule has 0 aromatic heterocycles. The van der Waals surface area contributed by atoms with Crippen LogP contribution in [-0.4, -0.2) is 88.9 Å². The van der Waals surface area contributed by atoms with Crippen molar-refractivity contribution in [3.05, 3.63) is 0 Å². The quantitative estimate of drug-likeness (QED) is 0.514. The zero-order chi connectivity index (χ0) is 16.6. The monoisotopic (exact) mass is 332 g/mol. The lowest BCUT2D eigenvalue weighted by atomic mass is 10.2. The van der Waals surface area contributed by atoms with Crippen molar-refractivity contribution in [3.63, 3.8) is 0 Å². The van der Waals surface area contributed by atoms with Crippen LogP contribution in [0.4, 0.5) is 0 Å². The van der Waals surface area contributed by atoms with E-state index in [0.717, 1.165) is 52.5 Å². The summed E-state index contributed by atoms with van der Waals surface area (Å²) in [6.07, 6.45) is 0. The molecular weight excluding hydrogens is 296 g/mol. The second kappa shape index (κ2) is 9.35. The normalized spacial score (nSPS) is 18.8. The van der Waals surface area contributed by atoms with Crippen LogP contribution in [0.5, 0.6) is 0 Å². The molecule has 22 heavy (non-hydrogen) atoms. The highest BCUT2D eigenvalue weighted by atomic mass is 28.4. The predicted molar refractivity (Wildman–Crippen MR) is 93.9 cm³/mol. The summed E-state index contributed by atoms with van der Waals surface area (Å²) >= 11 is 0. The first-order valence-electron chi connectivity index (χ1n) is 8.53. The van der Waals surface area contributed by atoms with Crippen molar-refractivity contribution < 1.29 is 14.3 Å². The maximum absolute atomic E-state index is 8.67. The fraction of sp³-hybridized carbons (Fsp3) is 1.00. The van der Waals surface area contributed by atoms with Crippen LogP contribution in [-0.2, 0) is 9.16 Å². The molecule has 0 aliphatic carbocycles. The maximum atomic E-state index is 8.67. The van der Waals surface area contributed by atoms with Gasteiger partial charge in [-0.2, -0.15) is 0 Å². The smallest absolute Gasteiger partial charge is 0.192 e. The third-order valence-corrected chi connectivity index (χ3v) is 9.47. The summed E-state index contributed by atoms with van der Waals surface area (Å²) < 4.78 is 11.6. The molecule has 0 amide bonds. The third-order valence-electron chi connectivity index (χ3n) is 4.93. The average Bonchev–Trinajstić information content (AvgIpc) is 2.44. The summed E-state index contributed by atoms with van der Waals surface area (Å²) in [6, 6.07) is 0. The van der Waals surface area contributed by atoms with Gasteiger partial charge in [0, 0.05) is 45.9 Å². The van der Waals surface area contributed by atoms with Gasteiger partial charge >= 0.3 is 0 Å². The molecule has 1 N–H and O–H groups in total. The largest absolute Gasteiger partial charge is 0.416 e. The van der Waals surface area contributed by atoms with Gasteiger partial charge < -0.3 is 14.3 Å². The van der Waals surface area contributed by atoms with Gasteiger partial charge in [0.15, 0.2) is 8.32 Å². The topological polar surface area (TPSA) is 45.2 Å². The maximum Gasteiger partial charge on any atom is 0.192 e. The molecule has 1 aliphatic heterocycles. The van der Waals surface area contributed by atoms with Gasteiger partial charge in [0.1, 0.15) is 0 Å². The molecule has 0 spiro atoms. The number of aliphatic hydroxyl groups excluding tert-OH is 1. The first-order valence-corrected chi connectivity index (χ1v) is 11.4. The average molecular weight is 333 g/mol. The number of hydrogen-bond acceptors (Lipinski definition) is 5. The number of rotatable bonds is 9. The minimum atomic E-state index is -1.60. The molecule has 0 saturated carbocycles. The van der Waals surface area contributed by atoms with Crippen molar-refractivity contribution in [2.24, 2.45) is 0 Å². The van der Waals surface area contributed by atoms with E-state index < -0.39 is 8.32 Å². The van der Waals surface area contributed by atoms with Gasteiger partial charge in [0.25, 0.3) is 0 Å². The molecule has 0 bridgehead atoms. The van der Waals surface area contributed by atoms with Gasteiger partial charge in [-0.1, -0.05) is 20.8 Å². The summed E-state index contributed by atoms with van der Waals surface area (Å²) in [4.78, 5) is 4.93. The molecule has 6 heteroatoms. The van der Waals surface area contributed by atoms with Gasteiger partial charge in [-0.3, -0.25) is 9.80 Å². The van der Waals surface area contributed by atoms with E-state index in [1.165, 1.54) is 0 Å². The van der Waals surface area contributed by atoms with E-state index in [0.29, 0.717) is 11.6 Å². The Hall–Kier alpha value is 0.0169. The Morgan fingerprint density at radius 2 is 1.41 bits per heavy atom. The zero-order valence-electron chi connectivity index (χ0n) is 15.2. The van der Waals surface area contributed by atoms with Gasteiger partial charge in [0.2, 0.25) is 0 Å². The summed E-state index contributed by atoms with van der Waals surface area (Å²) in [7, 11) is -1.60. The van der Waals surface area contributed by atoms with Crippen LogP contribution < -0.4 is 0 Å². The molecule has 0 aromatic carbocycles. The minimum absolute atomic E-state index is 0.113. The second-order valence-corrected chi connectivity index (χ2v) is 12.4. The molecule has 0 atom stereocenters. The fourth-order valence-corrected chi connectivity index (χ4v) is 3.28. The van der Waals surface area contributed by atoms with E-state index >= 15 is 0 Å². The molecule has 1 heterocycles. The first kappa shape index (κ1) is 20.1. The first-order chi connectivity index (χ1) is 10.3. The zero-order valence-corrected chi connectivity index (χ0v) is 16.2. The van der Waals surface area contributed by atoms with Crippen LogP contribution in [0.25, 0.3) is 0 Å². The summed E-state index contributed by atoms with van der Waals surface area (Å²) in [5.41, 5.74) is 0. The molecule has 0 unspecified atom stereocenters. The van der Waals surface area contributed by atoms with Gasteiger partial charge in [-0.05, 0) is 18.1 Å². The van der Waals surface area contributed by atoms with Crippen molar-refractivity contribution in [2.75, 3.05) is 65.7 Å². The lowest BCUT2D eigenvalue weighted by Crippen LogP contribution is -2.49. The van der Waals surface area contributed by atoms with E-state index in [1.807, 2.05) is 0 Å². The van der Waals surface area contributed by atoms with E-state index in [4.69, 9.17) is 14.3 Å². The molecule has 0 aromatic rings. The highest BCUT2D eigenvalue weighted by Gasteiger charge is 2.37. The minimum Gasteiger partial charge on any atom is -0.416 e. The molecular formula is C16H36N2O3Si. The Morgan fingerprint density at radius 3 is 1.86 bits per heavy atom. The number of hydrogen-bond donors (Lipinski definition) is 1. The Balaban J connectivity index is 2.13. The molecule has 132 valence electrons. The Kier molecular flexibility index (Phi) is 8.52. The molecule has 1 saturated heterocycles. The van der Waals surface area contributed by atoms with Crippen molar-refractivity contribution in [1.29, 1.82) is 0 Å². The number of ether oxygens (including phenoxy) is 1. The molecule has 1 aliphatic rings. The van der Waals surface area contributed by atoms with E-state index in [-0.39, 0.29) is 6.61 Å². The molecule has 0 radical (unpaired) electrons. The Labute approximate surface area is 137 Å². The standard InChI is InChI=1S/C16H36N2O3Si/c1-16(2,3)22(4,5)21-14-11-18-8-6-17(7-9-18)10-13-20-15-12-19/h19H,6-15H2,1-5H3. The van der Waals surface area contributed by atoms with E-state index in [9.17, 15) is 0 Å². The van der Waals surface area contributed by atoms with Crippen LogP contribution in [0.3, 0.4) is 0 Å². The Morgan fingerprint density at radius 1 is 0.909 bits per heavy atom. The van der Waals surface area contributed by atoms with Gasteiger partial charge in [-0.25, -0.2) is 0 Å². The van der Waals surface area contributed by atoms with Crippen LogP contribution in [0, 0.1) is 0 Å². The lowest BCUT2D eigenvalue weighted by Gasteiger charge is -2.38. The predicted octanol–water partition coefficient (Wildman–Crippen LogP) is 1.63. The van der Waals surface area contributed by atoms with Crippen LogP contribution in [0.15, 0.2) is 0 Å². The van der Waals surface area contributed by atoms with Crippen LogP contribution in [0.1, 0.15) is 20.8 Å². The number of nitrogens with zero attached hydrogens (tertiary/aromatic N) is 2. The Bertz CT molecular complexity index is 300. The second-order valence-electron chi connectivity index (χ2n) is 7.63. The molecule has 1 fully saturated rings. The van der Waals surface area contributed by atoms with E-state index in [2.05, 4.69) is 43.7 Å². The summed E-state index contributed by atoms with van der Waals surface area (Å²) in [5.74, 6) is 0. The highest BCUT2D eigenvalue weighted by molar-refractivity contribution is 6.74. The molecule has 5 nitrogen and oxygen atoms in total. The van der Waals surface area contributed by atoms with Gasteiger partial charge in [0.05, 0.1) is 19.8 Å².